The van der Waals surface area contributed by atoms with Crippen LogP contribution in [0.4, 0.5) is 13.2 Å². The zero-order valence-electron chi connectivity index (χ0n) is 20.8. The Labute approximate surface area is 233 Å². The van der Waals surface area contributed by atoms with Crippen LogP contribution < -0.4 is 14.8 Å². The number of hydrogen-bond donors (Lipinski definition) is 2. The molecule has 0 bridgehead atoms. The Hall–Kier alpha value is -3.47. The summed E-state index contributed by atoms with van der Waals surface area (Å²) in [7, 11) is 3.28. The molecule has 3 aromatic carbocycles. The molecule has 0 amide bonds. The topological polar surface area (TPSA) is 89.4 Å². The average molecular weight is 585 g/mol. The van der Waals surface area contributed by atoms with Crippen molar-refractivity contribution in [1.82, 2.24) is 5.32 Å². The molecule has 4 rings (SSSR count). The molecule has 2 atom stereocenters. The van der Waals surface area contributed by atoms with E-state index in [2.05, 4.69) is 5.32 Å². The van der Waals surface area contributed by atoms with Crippen molar-refractivity contribution in [3.05, 3.63) is 93.5 Å². The van der Waals surface area contributed by atoms with Crippen molar-refractivity contribution in [2.45, 2.75) is 18.3 Å². The van der Waals surface area contributed by atoms with Crippen LogP contribution in [0.5, 0.6) is 11.5 Å². The van der Waals surface area contributed by atoms with Gasteiger partial charge in [-0.1, -0.05) is 47.5 Å². The summed E-state index contributed by atoms with van der Waals surface area (Å²) in [6, 6.07) is 21.1. The summed E-state index contributed by atoms with van der Waals surface area (Å²) in [6.45, 7) is 0.905. The van der Waals surface area contributed by atoms with E-state index >= 15 is 0 Å². The predicted octanol–water partition coefficient (Wildman–Crippen LogP) is 6.49. The highest BCUT2D eigenvalue weighted by Gasteiger charge is 2.38. The van der Waals surface area contributed by atoms with Gasteiger partial charge in [-0.15, -0.1) is 0 Å². The summed E-state index contributed by atoms with van der Waals surface area (Å²) in [5.41, 5.74) is 3.01. The molecule has 2 N–H and O–H groups in total. The van der Waals surface area contributed by atoms with Crippen LogP contribution in [0, 0.1) is 0 Å². The number of carboxylic acid groups (broad SMARTS) is 1. The first kappa shape index (κ1) is 30.1. The standard InChI is InChI=1S/C25H24Cl2N2O3.C2HF3O2/c1-30-13-14-32-22-15-20(31-2)11-12-21(22)25-28-23(16-3-7-18(26)8-4-16)24(29-25)17-5-9-19(27)10-6-17;3-2(4,5)1(6)7/h3-12,15,23-24H,13-14H2,1-2H3,(H,28,29);(H,6,7). The van der Waals surface area contributed by atoms with Gasteiger partial charge in [0.15, 0.2) is 0 Å². The molecule has 3 aromatic rings. The molecule has 0 spiro atoms. The first-order valence-corrected chi connectivity index (χ1v) is 12.2. The van der Waals surface area contributed by atoms with E-state index in [0.29, 0.717) is 34.8 Å². The van der Waals surface area contributed by atoms with Gasteiger partial charge < -0.3 is 24.6 Å². The fourth-order valence-electron chi connectivity index (χ4n) is 3.67. The van der Waals surface area contributed by atoms with E-state index in [0.717, 1.165) is 22.5 Å². The third-order valence-electron chi connectivity index (χ3n) is 5.55. The van der Waals surface area contributed by atoms with Crippen molar-refractivity contribution in [2.75, 3.05) is 27.4 Å². The Bertz CT molecular complexity index is 1290. The predicted molar refractivity (Wildman–Crippen MR) is 142 cm³/mol. The lowest BCUT2D eigenvalue weighted by atomic mass is 9.95. The van der Waals surface area contributed by atoms with Gasteiger partial charge in [0, 0.05) is 23.2 Å². The van der Waals surface area contributed by atoms with Crippen LogP contribution in [0.2, 0.25) is 10.0 Å². The number of rotatable bonds is 8. The van der Waals surface area contributed by atoms with Gasteiger partial charge >= 0.3 is 12.1 Å². The average Bonchev–Trinajstić information content (AvgIpc) is 3.34. The lowest BCUT2D eigenvalue weighted by molar-refractivity contribution is -0.192. The Morgan fingerprint density at radius 1 is 0.949 bits per heavy atom. The van der Waals surface area contributed by atoms with E-state index in [-0.39, 0.29) is 12.1 Å². The maximum Gasteiger partial charge on any atom is 0.490 e. The monoisotopic (exact) mass is 584 g/mol. The Morgan fingerprint density at radius 3 is 2.03 bits per heavy atom. The number of aliphatic imine (C=N–C) groups is 1. The van der Waals surface area contributed by atoms with E-state index < -0.39 is 12.1 Å². The van der Waals surface area contributed by atoms with E-state index in [9.17, 15) is 13.2 Å². The summed E-state index contributed by atoms with van der Waals surface area (Å²) in [5.74, 6) is -0.616. The highest BCUT2D eigenvalue weighted by atomic mass is 35.5. The van der Waals surface area contributed by atoms with Crippen LogP contribution >= 0.6 is 23.2 Å². The number of hydrogen-bond acceptors (Lipinski definition) is 6. The van der Waals surface area contributed by atoms with Crippen LogP contribution in [0.1, 0.15) is 28.8 Å². The van der Waals surface area contributed by atoms with Crippen molar-refractivity contribution >= 4 is 35.0 Å². The largest absolute Gasteiger partial charge is 0.497 e. The highest BCUT2D eigenvalue weighted by Crippen LogP contribution is 2.39. The maximum absolute atomic E-state index is 10.6. The summed E-state index contributed by atoms with van der Waals surface area (Å²) in [4.78, 5) is 14.0. The van der Waals surface area contributed by atoms with Gasteiger partial charge in [-0.3, -0.25) is 4.99 Å². The van der Waals surface area contributed by atoms with Gasteiger partial charge in [0.2, 0.25) is 0 Å². The van der Waals surface area contributed by atoms with Crippen LogP contribution in [0.25, 0.3) is 0 Å². The van der Waals surface area contributed by atoms with Crippen molar-refractivity contribution < 1.29 is 37.3 Å². The Balaban J connectivity index is 0.000000532. The van der Waals surface area contributed by atoms with Crippen molar-refractivity contribution in [2.24, 2.45) is 4.99 Å². The molecule has 0 aromatic heterocycles. The van der Waals surface area contributed by atoms with Gasteiger partial charge in [0.05, 0.1) is 25.3 Å². The summed E-state index contributed by atoms with van der Waals surface area (Å²) in [5, 5.41) is 12.1. The van der Waals surface area contributed by atoms with Gasteiger partial charge in [0.1, 0.15) is 30.0 Å². The smallest absolute Gasteiger partial charge is 0.490 e. The molecular formula is C27H25Cl2F3N2O5. The third kappa shape index (κ3) is 8.26. The first-order valence-electron chi connectivity index (χ1n) is 11.5. The van der Waals surface area contributed by atoms with Gasteiger partial charge in [-0.2, -0.15) is 13.2 Å². The van der Waals surface area contributed by atoms with E-state index in [1.165, 1.54) is 0 Å². The molecule has 12 heteroatoms. The minimum Gasteiger partial charge on any atom is -0.497 e. The van der Waals surface area contributed by atoms with Crippen LogP contribution in [-0.4, -0.2) is 50.5 Å². The number of methoxy groups -OCH3 is 2. The first-order chi connectivity index (χ1) is 18.5. The summed E-state index contributed by atoms with van der Waals surface area (Å²) < 4.78 is 48.2. The number of alkyl halides is 3. The number of amidine groups is 1. The van der Waals surface area contributed by atoms with Crippen LogP contribution in [-0.2, 0) is 9.53 Å². The van der Waals surface area contributed by atoms with E-state index in [4.69, 9.17) is 52.3 Å². The number of ether oxygens (including phenoxy) is 3. The molecular weight excluding hydrogens is 560 g/mol. The molecule has 2 unspecified atom stereocenters. The van der Waals surface area contributed by atoms with Crippen LogP contribution in [0.15, 0.2) is 71.7 Å². The second-order valence-corrected chi connectivity index (χ2v) is 9.03. The van der Waals surface area contributed by atoms with Crippen molar-refractivity contribution in [3.8, 4) is 11.5 Å². The summed E-state index contributed by atoms with van der Waals surface area (Å²) >= 11 is 12.2. The molecule has 0 aliphatic carbocycles. The quantitative estimate of drug-likeness (QED) is 0.294. The number of carbonyl (C=O) groups is 1. The molecule has 1 aliphatic heterocycles. The van der Waals surface area contributed by atoms with Gasteiger partial charge in [-0.25, -0.2) is 4.79 Å². The number of nitrogens with one attached hydrogen (secondary N) is 1. The normalized spacial score (nSPS) is 16.4. The molecule has 39 heavy (non-hydrogen) atoms. The number of aliphatic carboxylic acids is 1. The zero-order chi connectivity index (χ0) is 28.6. The lowest BCUT2D eigenvalue weighted by Gasteiger charge is -2.20. The second-order valence-electron chi connectivity index (χ2n) is 8.15. The summed E-state index contributed by atoms with van der Waals surface area (Å²) in [6.07, 6.45) is -5.08. The maximum atomic E-state index is 10.6. The number of benzene rings is 3. The van der Waals surface area contributed by atoms with E-state index in [1.54, 1.807) is 14.2 Å². The Morgan fingerprint density at radius 2 is 1.51 bits per heavy atom. The van der Waals surface area contributed by atoms with Crippen molar-refractivity contribution in [3.63, 3.8) is 0 Å². The SMILES string of the molecule is COCCOc1cc(OC)ccc1C1=NC(c2ccc(Cl)cc2)C(c2ccc(Cl)cc2)N1.O=C(O)C(F)(F)F. The molecule has 208 valence electrons. The lowest BCUT2D eigenvalue weighted by Crippen LogP contribution is -2.25. The minimum absolute atomic E-state index is 0.0719. The fraction of sp³-hybridized carbons (Fsp3) is 0.259. The molecule has 0 saturated heterocycles. The van der Waals surface area contributed by atoms with Gasteiger partial charge in [-0.05, 0) is 47.5 Å². The molecule has 1 heterocycles. The molecule has 0 saturated carbocycles. The molecule has 0 fully saturated rings. The number of nitrogens with zero attached hydrogens (tertiary/aromatic N) is 1. The molecule has 0 radical (unpaired) electrons. The molecule has 7 nitrogen and oxygen atoms in total. The Kier molecular flexibility index (Phi) is 10.4. The highest BCUT2D eigenvalue weighted by molar-refractivity contribution is 6.30. The number of halogens is 5. The number of carboxylic acids is 1. The third-order valence-corrected chi connectivity index (χ3v) is 6.05. The van der Waals surface area contributed by atoms with Crippen molar-refractivity contribution in [1.29, 1.82) is 0 Å². The van der Waals surface area contributed by atoms with Gasteiger partial charge in [0.25, 0.3) is 0 Å². The molecule has 1 aliphatic rings. The zero-order valence-corrected chi connectivity index (χ0v) is 22.3. The second kappa shape index (κ2) is 13.5. The van der Waals surface area contributed by atoms with E-state index in [1.807, 2.05) is 66.7 Å². The minimum atomic E-state index is -5.08. The fourth-order valence-corrected chi connectivity index (χ4v) is 3.92. The van der Waals surface area contributed by atoms with Crippen LogP contribution in [0.3, 0.4) is 0 Å².